The third-order valence-electron chi connectivity index (χ3n) is 7.56. The van der Waals surface area contributed by atoms with Crippen molar-refractivity contribution >= 4 is 23.8 Å². The maximum absolute atomic E-state index is 13.6. The minimum absolute atomic E-state index is 0.0338. The van der Waals surface area contributed by atoms with Crippen molar-refractivity contribution in [3.8, 4) is 0 Å². The van der Waals surface area contributed by atoms with E-state index in [4.69, 9.17) is 4.74 Å². The minimum atomic E-state index is -0.942. The number of amides is 4. The van der Waals surface area contributed by atoms with Crippen LogP contribution in [-0.4, -0.2) is 65.0 Å². The summed E-state index contributed by atoms with van der Waals surface area (Å²) >= 11 is 0. The van der Waals surface area contributed by atoms with E-state index in [0.29, 0.717) is 44.7 Å². The first-order valence-electron chi connectivity index (χ1n) is 13.7. The molecule has 9 heteroatoms. The molecule has 0 bridgehead atoms. The molecule has 4 amide bonds. The monoisotopic (exact) mass is 502 g/mol. The molecule has 2 aliphatic heterocycles. The van der Waals surface area contributed by atoms with Gasteiger partial charge in [-0.2, -0.15) is 0 Å². The predicted octanol–water partition coefficient (Wildman–Crippen LogP) is 2.79. The summed E-state index contributed by atoms with van der Waals surface area (Å²) in [6.07, 6.45) is 10.5. The molecule has 0 spiro atoms. The van der Waals surface area contributed by atoms with Gasteiger partial charge in [-0.25, -0.2) is 4.79 Å². The number of ether oxygens (including phenoxy) is 1. The Labute approximate surface area is 214 Å². The highest BCUT2D eigenvalue weighted by Crippen LogP contribution is 2.45. The summed E-state index contributed by atoms with van der Waals surface area (Å²) in [5, 5.41) is 8.84. The van der Waals surface area contributed by atoms with Crippen LogP contribution in [0.15, 0.2) is 12.2 Å². The smallest absolute Gasteiger partial charge is 0.408 e. The summed E-state index contributed by atoms with van der Waals surface area (Å²) in [6, 6.07) is -0.669. The van der Waals surface area contributed by atoms with E-state index in [2.05, 4.69) is 28.1 Å². The van der Waals surface area contributed by atoms with Crippen molar-refractivity contribution in [1.82, 2.24) is 20.9 Å². The summed E-state index contributed by atoms with van der Waals surface area (Å²) in [5.41, 5.74) is -1.43. The van der Waals surface area contributed by atoms with Gasteiger partial charge >= 0.3 is 6.09 Å². The fourth-order valence-electron chi connectivity index (χ4n) is 5.22. The van der Waals surface area contributed by atoms with Gasteiger partial charge in [0.2, 0.25) is 11.8 Å². The number of hydrogen-bond acceptors (Lipinski definition) is 5. The van der Waals surface area contributed by atoms with Crippen LogP contribution in [0, 0.1) is 11.8 Å². The van der Waals surface area contributed by atoms with E-state index in [9.17, 15) is 19.2 Å². The van der Waals surface area contributed by atoms with E-state index >= 15 is 0 Å². The largest absolute Gasteiger partial charge is 0.436 e. The molecule has 4 rings (SSSR count). The Hall–Kier alpha value is -2.58. The highest BCUT2D eigenvalue weighted by molar-refractivity contribution is 5.98. The van der Waals surface area contributed by atoms with Gasteiger partial charge in [0, 0.05) is 24.5 Å². The van der Waals surface area contributed by atoms with Gasteiger partial charge in [0.25, 0.3) is 5.91 Å². The lowest BCUT2D eigenvalue weighted by Gasteiger charge is -2.30. The number of carbonyl (C=O) groups is 4. The van der Waals surface area contributed by atoms with Crippen LogP contribution in [0.25, 0.3) is 0 Å². The van der Waals surface area contributed by atoms with Crippen molar-refractivity contribution in [3.05, 3.63) is 12.2 Å². The third kappa shape index (κ3) is 6.59. The second-order valence-corrected chi connectivity index (χ2v) is 11.9. The first-order chi connectivity index (χ1) is 17.1. The summed E-state index contributed by atoms with van der Waals surface area (Å²) in [4.78, 5) is 54.2. The molecule has 1 saturated heterocycles. The van der Waals surface area contributed by atoms with Crippen LogP contribution in [0.3, 0.4) is 0 Å². The summed E-state index contributed by atoms with van der Waals surface area (Å²) < 4.78 is 5.60. The molecule has 3 N–H and O–H groups in total. The summed E-state index contributed by atoms with van der Waals surface area (Å²) in [7, 11) is 0. The zero-order chi connectivity index (χ0) is 25.9. The van der Waals surface area contributed by atoms with Crippen molar-refractivity contribution in [2.75, 3.05) is 13.1 Å². The number of hydrogen-bond donors (Lipinski definition) is 3. The van der Waals surface area contributed by atoms with Crippen molar-refractivity contribution in [3.63, 3.8) is 0 Å². The first kappa shape index (κ1) is 26.5. The Balaban J connectivity index is 1.50. The molecular formula is C27H42N4O5. The Morgan fingerprint density at radius 3 is 2.61 bits per heavy atom. The lowest BCUT2D eigenvalue weighted by atomic mass is 10.1. The molecule has 0 unspecified atom stereocenters. The highest BCUT2D eigenvalue weighted by atomic mass is 16.6. The summed E-state index contributed by atoms with van der Waals surface area (Å²) in [6.45, 7) is 6.63. The normalized spacial score (nSPS) is 31.3. The number of fused-ring (bicyclic) bond motifs is 2. The molecule has 0 aromatic heterocycles. The Morgan fingerprint density at radius 2 is 1.89 bits per heavy atom. The van der Waals surface area contributed by atoms with Gasteiger partial charge in [0.05, 0.1) is 0 Å². The number of nitrogens with zero attached hydrogens (tertiary/aromatic N) is 1. The predicted molar refractivity (Wildman–Crippen MR) is 135 cm³/mol. The topological polar surface area (TPSA) is 117 Å². The number of rotatable bonds is 4. The van der Waals surface area contributed by atoms with E-state index in [1.165, 1.54) is 0 Å². The number of allylic oxidation sites excluding steroid dienone is 1. The Bertz CT molecular complexity index is 893. The van der Waals surface area contributed by atoms with Gasteiger partial charge in [-0.1, -0.05) is 18.6 Å². The molecule has 4 atom stereocenters. The molecule has 9 nitrogen and oxygen atoms in total. The molecule has 0 aromatic carbocycles. The van der Waals surface area contributed by atoms with Crippen LogP contribution in [0.4, 0.5) is 4.79 Å². The maximum atomic E-state index is 13.6. The molecule has 2 saturated carbocycles. The molecule has 3 fully saturated rings. The number of alkyl carbamates (subject to hydrolysis) is 1. The van der Waals surface area contributed by atoms with Gasteiger partial charge in [-0.3, -0.25) is 14.4 Å². The minimum Gasteiger partial charge on any atom is -0.436 e. The summed E-state index contributed by atoms with van der Waals surface area (Å²) in [5.74, 6) is -0.243. The third-order valence-corrected chi connectivity index (χ3v) is 7.56. The highest BCUT2D eigenvalue weighted by Gasteiger charge is 2.60. The standard InChI is InChI=1S/C27H42N4O5/c1-26(2,3)30-25(35)36-21-12-8-6-4-5-7-10-19-16-27(19,24(34)28-17-18-13-14-18)29-22(32)20-11-9-15-31(20)23(21)33/h7,10,18-21H,4-6,8-9,11-17H2,1-3H3,(H,28,34)(H,29,32)(H,30,35)/t19-,20+,21+,27-/m1/s1. The van der Waals surface area contributed by atoms with Gasteiger partial charge in [-0.15, -0.1) is 0 Å². The van der Waals surface area contributed by atoms with Crippen molar-refractivity contribution in [2.24, 2.45) is 11.8 Å². The molecule has 36 heavy (non-hydrogen) atoms. The van der Waals surface area contributed by atoms with Crippen LogP contribution in [-0.2, 0) is 19.1 Å². The average molecular weight is 503 g/mol. The first-order valence-corrected chi connectivity index (χ1v) is 13.7. The lowest BCUT2D eigenvalue weighted by molar-refractivity contribution is -0.146. The Morgan fingerprint density at radius 1 is 1.11 bits per heavy atom. The van der Waals surface area contributed by atoms with Crippen LogP contribution >= 0.6 is 0 Å². The quantitative estimate of drug-likeness (QED) is 0.511. The second kappa shape index (κ2) is 10.8. The molecule has 4 aliphatic rings. The van der Waals surface area contributed by atoms with E-state index in [-0.39, 0.29) is 23.6 Å². The SMILES string of the molecule is CC(C)(C)NC(=O)O[C@H]1CCCCCC=C[C@@H]2C[C@@]2(C(=O)NCC2CC2)NC(=O)[C@@H]2CCCN2C1=O. The molecule has 0 aromatic rings. The lowest BCUT2D eigenvalue weighted by Crippen LogP contribution is -2.57. The molecule has 2 heterocycles. The van der Waals surface area contributed by atoms with E-state index in [1.807, 2.05) is 20.8 Å². The van der Waals surface area contributed by atoms with Crippen LogP contribution < -0.4 is 16.0 Å². The molecule has 2 aliphatic carbocycles. The van der Waals surface area contributed by atoms with Gasteiger partial charge in [0.1, 0.15) is 11.6 Å². The second-order valence-electron chi connectivity index (χ2n) is 11.9. The van der Waals surface area contributed by atoms with E-state index in [1.54, 1.807) is 4.90 Å². The van der Waals surface area contributed by atoms with E-state index < -0.39 is 29.3 Å². The fraction of sp³-hybridized carbons (Fsp3) is 0.778. The average Bonchev–Trinajstić information content (AvgIpc) is 3.70. The maximum Gasteiger partial charge on any atom is 0.408 e. The van der Waals surface area contributed by atoms with Crippen LogP contribution in [0.1, 0.15) is 85.0 Å². The Kier molecular flexibility index (Phi) is 7.95. The molecular weight excluding hydrogens is 460 g/mol. The van der Waals surface area contributed by atoms with Crippen molar-refractivity contribution in [1.29, 1.82) is 0 Å². The number of carbonyl (C=O) groups excluding carboxylic acids is 4. The zero-order valence-corrected chi connectivity index (χ0v) is 21.9. The van der Waals surface area contributed by atoms with Gasteiger partial charge in [-0.05, 0) is 84.5 Å². The molecule has 0 radical (unpaired) electrons. The van der Waals surface area contributed by atoms with Crippen LogP contribution in [0.5, 0.6) is 0 Å². The van der Waals surface area contributed by atoms with E-state index in [0.717, 1.165) is 38.5 Å². The van der Waals surface area contributed by atoms with Crippen molar-refractivity contribution in [2.45, 2.75) is 108 Å². The fourth-order valence-corrected chi connectivity index (χ4v) is 5.22. The van der Waals surface area contributed by atoms with Gasteiger partial charge in [0.15, 0.2) is 6.10 Å². The zero-order valence-electron chi connectivity index (χ0n) is 21.9. The van der Waals surface area contributed by atoms with Gasteiger partial charge < -0.3 is 25.6 Å². The number of nitrogens with one attached hydrogen (secondary N) is 3. The molecule has 200 valence electrons. The van der Waals surface area contributed by atoms with Crippen molar-refractivity contribution < 1.29 is 23.9 Å². The van der Waals surface area contributed by atoms with Crippen LogP contribution in [0.2, 0.25) is 0 Å².